The first-order valence-corrected chi connectivity index (χ1v) is 10.8. The van der Waals surface area contributed by atoms with Gasteiger partial charge in [-0.15, -0.1) is 5.01 Å². The molecule has 2 aromatic rings. The van der Waals surface area contributed by atoms with Crippen molar-refractivity contribution in [3.8, 4) is 5.75 Å². The predicted octanol–water partition coefficient (Wildman–Crippen LogP) is 3.01. The molecule has 0 amide bonds. The van der Waals surface area contributed by atoms with E-state index in [1.807, 2.05) is 4.79 Å². The van der Waals surface area contributed by atoms with Crippen LogP contribution in [0.4, 0.5) is 5.88 Å². The van der Waals surface area contributed by atoms with Crippen molar-refractivity contribution in [2.75, 3.05) is 12.1 Å². The van der Waals surface area contributed by atoms with Crippen LogP contribution in [0.5, 0.6) is 5.75 Å². The summed E-state index contributed by atoms with van der Waals surface area (Å²) >= 11 is 0. The summed E-state index contributed by atoms with van der Waals surface area (Å²) in [6.07, 6.45) is 14.2. The minimum atomic E-state index is -0.349. The lowest BCUT2D eigenvalue weighted by Crippen LogP contribution is -2.68. The molecule has 1 heterocycles. The highest BCUT2D eigenvalue weighted by atomic mass is 16.5. The summed E-state index contributed by atoms with van der Waals surface area (Å²) in [5.74, 6) is 0.593. The highest BCUT2D eigenvalue weighted by Crippen LogP contribution is 2.27. The van der Waals surface area contributed by atoms with Crippen LogP contribution in [0.15, 0.2) is 40.0 Å². The van der Waals surface area contributed by atoms with E-state index in [0.29, 0.717) is 23.4 Å². The molecule has 0 spiro atoms. The van der Waals surface area contributed by atoms with E-state index in [1.54, 1.807) is 37.6 Å². The van der Waals surface area contributed by atoms with Crippen molar-refractivity contribution in [3.05, 3.63) is 36.0 Å². The summed E-state index contributed by atoms with van der Waals surface area (Å²) < 4.78 is 10.6. The first kappa shape index (κ1) is 19.7. The zero-order valence-corrected chi connectivity index (χ0v) is 17.1. The molecule has 29 heavy (non-hydrogen) atoms. The van der Waals surface area contributed by atoms with Gasteiger partial charge < -0.3 is 9.84 Å². The van der Waals surface area contributed by atoms with Gasteiger partial charge >= 0.3 is 5.88 Å². The average Bonchev–Trinajstić information content (AvgIpc) is 3.23. The second-order valence-corrected chi connectivity index (χ2v) is 8.07. The first-order valence-electron chi connectivity index (χ1n) is 10.8. The second kappa shape index (κ2) is 9.29. The fourth-order valence-electron chi connectivity index (χ4n) is 4.61. The van der Waals surface area contributed by atoms with Gasteiger partial charge in [0.05, 0.1) is 24.0 Å². The molecular weight excluding hydrogens is 368 g/mol. The largest absolute Gasteiger partial charge is 0.858 e. The van der Waals surface area contributed by atoms with Crippen molar-refractivity contribution in [1.82, 2.24) is 5.27 Å². The maximum atomic E-state index is 12.5. The molecule has 0 saturated heterocycles. The Morgan fingerprint density at radius 2 is 1.62 bits per heavy atom. The van der Waals surface area contributed by atoms with Gasteiger partial charge in [0.15, 0.2) is 0 Å². The zero-order chi connectivity index (χ0) is 20.1. The molecule has 2 saturated carbocycles. The van der Waals surface area contributed by atoms with E-state index in [-0.39, 0.29) is 11.8 Å². The third-order valence-corrected chi connectivity index (χ3v) is 6.13. The minimum absolute atomic E-state index is 0.238. The maximum Gasteiger partial charge on any atom is 0.324 e. The van der Waals surface area contributed by atoms with Crippen molar-refractivity contribution in [1.29, 1.82) is 0 Å². The summed E-state index contributed by atoms with van der Waals surface area (Å²) in [4.78, 5) is 5.93. The lowest BCUT2D eigenvalue weighted by atomic mass is 9.90. The lowest BCUT2D eigenvalue weighted by Gasteiger charge is -2.35. The van der Waals surface area contributed by atoms with Crippen LogP contribution >= 0.6 is 0 Å². The molecule has 7 heteroatoms. The van der Waals surface area contributed by atoms with Crippen LogP contribution in [0.3, 0.4) is 0 Å². The molecule has 156 valence electrons. The Kier molecular flexibility index (Phi) is 6.32. The number of rotatable bonds is 6. The van der Waals surface area contributed by atoms with Crippen molar-refractivity contribution in [2.45, 2.75) is 76.3 Å². The molecule has 0 aliphatic heterocycles. The van der Waals surface area contributed by atoms with E-state index in [1.165, 1.54) is 64.2 Å². The zero-order valence-electron chi connectivity index (χ0n) is 17.1. The Labute approximate surface area is 171 Å². The Morgan fingerprint density at radius 3 is 2.17 bits per heavy atom. The Morgan fingerprint density at radius 1 is 1.03 bits per heavy atom. The van der Waals surface area contributed by atoms with Crippen LogP contribution in [0.1, 0.15) is 69.8 Å². The SMILES string of the molecule is COc1ccc(C([O-])=Nc2c[n+](N(C3CCCCC3)C3CCCCC3)no2)cc1. The van der Waals surface area contributed by atoms with Crippen molar-refractivity contribution in [2.24, 2.45) is 4.99 Å². The van der Waals surface area contributed by atoms with Crippen molar-refractivity contribution >= 4 is 11.8 Å². The van der Waals surface area contributed by atoms with Crippen LogP contribution in [-0.2, 0) is 0 Å². The number of hydrogen-bond acceptors (Lipinski definition) is 6. The highest BCUT2D eigenvalue weighted by Gasteiger charge is 2.37. The predicted molar refractivity (Wildman–Crippen MR) is 108 cm³/mol. The molecular formula is C22H30N4O3. The molecule has 0 bridgehead atoms. The van der Waals surface area contributed by atoms with Crippen LogP contribution in [-0.4, -0.2) is 30.4 Å². The summed E-state index contributed by atoms with van der Waals surface area (Å²) in [6, 6.07) is 7.85. The molecule has 1 aromatic heterocycles. The van der Waals surface area contributed by atoms with Gasteiger partial charge in [0.1, 0.15) is 5.75 Å². The van der Waals surface area contributed by atoms with E-state index in [4.69, 9.17) is 9.26 Å². The van der Waals surface area contributed by atoms with Gasteiger partial charge in [-0.2, -0.15) is 0 Å². The normalized spacial score (nSPS) is 19.3. The van der Waals surface area contributed by atoms with Gasteiger partial charge in [0.2, 0.25) is 5.27 Å². The molecule has 0 radical (unpaired) electrons. The Bertz CT molecular complexity index is 788. The molecule has 7 nitrogen and oxygen atoms in total. The van der Waals surface area contributed by atoms with E-state index in [2.05, 4.69) is 15.3 Å². The molecule has 0 unspecified atom stereocenters. The summed E-state index contributed by atoms with van der Waals surface area (Å²) in [6.45, 7) is 0. The first-order chi connectivity index (χ1) is 14.2. The van der Waals surface area contributed by atoms with Crippen molar-refractivity contribution < 1.29 is 19.2 Å². The molecule has 2 aliphatic carbocycles. The Hall–Kier alpha value is -2.57. The topological polar surface area (TPSA) is 77.8 Å². The van der Waals surface area contributed by atoms with Gasteiger partial charge in [0.25, 0.3) is 6.20 Å². The minimum Gasteiger partial charge on any atom is -0.858 e. The van der Waals surface area contributed by atoms with Crippen LogP contribution in [0.2, 0.25) is 0 Å². The molecule has 4 rings (SSSR count). The smallest absolute Gasteiger partial charge is 0.324 e. The number of hydrogen-bond donors (Lipinski definition) is 0. The monoisotopic (exact) mass is 398 g/mol. The maximum absolute atomic E-state index is 12.5. The van der Waals surface area contributed by atoms with Crippen LogP contribution < -0.4 is 19.6 Å². The van der Waals surface area contributed by atoms with E-state index in [9.17, 15) is 5.11 Å². The third kappa shape index (κ3) is 4.71. The fourth-order valence-corrected chi connectivity index (χ4v) is 4.61. The number of aromatic nitrogens is 2. The van der Waals surface area contributed by atoms with Gasteiger partial charge in [0, 0.05) is 0 Å². The molecule has 1 aromatic carbocycles. The standard InChI is InChI=1S/C22H30N4O3/c1-28-20-14-12-17(13-15-20)22(27)23-21-16-25(24-29-21)26(18-8-4-2-5-9-18)19-10-6-3-7-11-19/h12-16,18-19H,2-11H2,1H3. The Balaban J connectivity index is 1.55. The van der Waals surface area contributed by atoms with E-state index in [0.717, 1.165) is 0 Å². The summed E-state index contributed by atoms with van der Waals surface area (Å²) in [5.41, 5.74) is 0.491. The average molecular weight is 399 g/mol. The van der Waals surface area contributed by atoms with Gasteiger partial charge in [-0.25, -0.2) is 4.99 Å². The molecule has 0 N–H and O–H groups in total. The van der Waals surface area contributed by atoms with Crippen molar-refractivity contribution in [3.63, 3.8) is 0 Å². The lowest BCUT2D eigenvalue weighted by molar-refractivity contribution is -0.766. The summed E-state index contributed by atoms with van der Waals surface area (Å²) in [5, 5.41) is 19.1. The number of aliphatic imine (C=N–C) groups is 1. The number of benzene rings is 1. The number of ether oxygens (including phenoxy) is 1. The fraction of sp³-hybridized carbons (Fsp3) is 0.591. The summed E-state index contributed by atoms with van der Waals surface area (Å²) in [7, 11) is 1.60. The molecule has 2 aliphatic rings. The van der Waals surface area contributed by atoms with Gasteiger partial charge in [-0.05, 0) is 49.3 Å². The highest BCUT2D eigenvalue weighted by molar-refractivity contribution is 5.92. The van der Waals surface area contributed by atoms with Gasteiger partial charge in [-0.3, -0.25) is 4.52 Å². The van der Waals surface area contributed by atoms with Crippen LogP contribution in [0, 0.1) is 0 Å². The quantitative estimate of drug-likeness (QED) is 0.425. The molecule has 0 atom stereocenters. The second-order valence-electron chi connectivity index (χ2n) is 8.07. The molecule has 2 fully saturated rings. The van der Waals surface area contributed by atoms with Crippen LogP contribution in [0.25, 0.3) is 0 Å². The van der Waals surface area contributed by atoms with E-state index >= 15 is 0 Å². The van der Waals surface area contributed by atoms with Gasteiger partial charge in [-0.1, -0.05) is 50.7 Å². The number of methoxy groups -OCH3 is 1. The number of nitrogens with zero attached hydrogens (tertiary/aromatic N) is 4. The third-order valence-electron chi connectivity index (χ3n) is 6.13. The van der Waals surface area contributed by atoms with E-state index < -0.39 is 0 Å².